The molecule has 1 aromatic carbocycles. The van der Waals surface area contributed by atoms with Crippen molar-refractivity contribution in [3.63, 3.8) is 0 Å². The van der Waals surface area contributed by atoms with Crippen LogP contribution in [0, 0.1) is 0 Å². The molecule has 0 unspecified atom stereocenters. The number of phenolic OH excluding ortho intramolecular Hbond substituents is 1. The fourth-order valence-electron chi connectivity index (χ4n) is 1.25. The first kappa shape index (κ1) is 8.85. The zero-order valence-electron chi connectivity index (χ0n) is 7.54. The maximum Gasteiger partial charge on any atom is 0.115 e. The van der Waals surface area contributed by atoms with Gasteiger partial charge in [-0.25, -0.2) is 0 Å². The van der Waals surface area contributed by atoms with Crippen molar-refractivity contribution in [2.75, 3.05) is 0 Å². The molecule has 0 saturated heterocycles. The Bertz CT molecular complexity index is 287. The first-order chi connectivity index (χ1) is 5.65. The molecule has 0 spiro atoms. The van der Waals surface area contributed by atoms with E-state index in [1.165, 1.54) is 0 Å². The lowest BCUT2D eigenvalue weighted by atomic mass is 9.97. The predicted molar refractivity (Wildman–Crippen MR) is 52.3 cm³/mol. The summed E-state index contributed by atoms with van der Waals surface area (Å²) in [4.78, 5) is 0. The normalized spacial score (nSPS) is 10.2. The molecule has 0 bridgehead atoms. The first-order valence-corrected chi connectivity index (χ1v) is 4.10. The zero-order chi connectivity index (χ0) is 9.14. The minimum Gasteiger partial charge on any atom is -0.508 e. The summed E-state index contributed by atoms with van der Waals surface area (Å²) in [5, 5.41) is 9.25. The summed E-state index contributed by atoms with van der Waals surface area (Å²) in [5.41, 5.74) is 2.24. The van der Waals surface area contributed by atoms with Crippen LogP contribution >= 0.6 is 0 Å². The number of aromatic hydroxyl groups is 1. The second kappa shape index (κ2) is 3.44. The lowest BCUT2D eigenvalue weighted by molar-refractivity contribution is 0.474. The second-order valence-corrected chi connectivity index (χ2v) is 3.17. The molecule has 0 aromatic heterocycles. The lowest BCUT2D eigenvalue weighted by Crippen LogP contribution is -1.90. The van der Waals surface area contributed by atoms with Crippen molar-refractivity contribution in [1.82, 2.24) is 0 Å². The first-order valence-electron chi connectivity index (χ1n) is 4.10. The highest BCUT2D eigenvalue weighted by molar-refractivity contribution is 5.54. The van der Waals surface area contributed by atoms with Gasteiger partial charge in [-0.05, 0) is 29.2 Å². The molecule has 0 saturated carbocycles. The van der Waals surface area contributed by atoms with E-state index in [-0.39, 0.29) is 0 Å². The van der Waals surface area contributed by atoms with E-state index < -0.39 is 0 Å². The molecular formula is C11H14O. The third-order valence-corrected chi connectivity index (χ3v) is 1.91. The topological polar surface area (TPSA) is 20.2 Å². The van der Waals surface area contributed by atoms with Crippen LogP contribution in [-0.4, -0.2) is 5.11 Å². The van der Waals surface area contributed by atoms with Crippen molar-refractivity contribution in [3.05, 3.63) is 35.9 Å². The van der Waals surface area contributed by atoms with Crippen LogP contribution in [0.3, 0.4) is 0 Å². The average molecular weight is 162 g/mol. The van der Waals surface area contributed by atoms with Crippen molar-refractivity contribution in [3.8, 4) is 5.75 Å². The van der Waals surface area contributed by atoms with Crippen LogP contribution in [0.5, 0.6) is 5.75 Å². The monoisotopic (exact) mass is 162 g/mol. The van der Waals surface area contributed by atoms with Crippen molar-refractivity contribution in [2.24, 2.45) is 0 Å². The summed E-state index contributed by atoms with van der Waals surface area (Å²) in [5.74, 6) is 0.745. The highest BCUT2D eigenvalue weighted by Crippen LogP contribution is 2.24. The fourth-order valence-corrected chi connectivity index (χ4v) is 1.25. The molecule has 0 radical (unpaired) electrons. The van der Waals surface area contributed by atoms with Gasteiger partial charge in [0.1, 0.15) is 5.75 Å². The van der Waals surface area contributed by atoms with Gasteiger partial charge in [0.25, 0.3) is 0 Å². The summed E-state index contributed by atoms with van der Waals surface area (Å²) in [6, 6.07) is 5.36. The predicted octanol–water partition coefficient (Wildman–Crippen LogP) is 3.16. The van der Waals surface area contributed by atoms with Gasteiger partial charge in [0.15, 0.2) is 0 Å². The van der Waals surface area contributed by atoms with E-state index in [2.05, 4.69) is 20.4 Å². The van der Waals surface area contributed by atoms with Crippen molar-refractivity contribution >= 4 is 6.08 Å². The molecule has 0 amide bonds. The Morgan fingerprint density at radius 1 is 1.42 bits per heavy atom. The van der Waals surface area contributed by atoms with Gasteiger partial charge in [0, 0.05) is 0 Å². The van der Waals surface area contributed by atoms with E-state index in [1.54, 1.807) is 12.1 Å². The highest BCUT2D eigenvalue weighted by atomic mass is 16.3. The minimum atomic E-state index is 0.323. The van der Waals surface area contributed by atoms with E-state index in [9.17, 15) is 5.11 Å². The molecule has 64 valence electrons. The summed E-state index contributed by atoms with van der Waals surface area (Å²) in [6.07, 6.45) is 1.81. The summed E-state index contributed by atoms with van der Waals surface area (Å²) >= 11 is 0. The zero-order valence-corrected chi connectivity index (χ0v) is 7.54. The summed E-state index contributed by atoms with van der Waals surface area (Å²) < 4.78 is 0. The fraction of sp³-hybridized carbons (Fsp3) is 0.273. The largest absolute Gasteiger partial charge is 0.508 e. The van der Waals surface area contributed by atoms with Gasteiger partial charge in [-0.1, -0.05) is 32.6 Å². The molecule has 12 heavy (non-hydrogen) atoms. The maximum absolute atomic E-state index is 9.25. The molecule has 0 aliphatic rings. The van der Waals surface area contributed by atoms with Crippen LogP contribution in [0.1, 0.15) is 30.9 Å². The minimum absolute atomic E-state index is 0.323. The third kappa shape index (κ3) is 1.67. The quantitative estimate of drug-likeness (QED) is 0.708. The van der Waals surface area contributed by atoms with Crippen LogP contribution in [0.15, 0.2) is 24.8 Å². The maximum atomic E-state index is 9.25. The number of hydrogen-bond acceptors (Lipinski definition) is 1. The van der Waals surface area contributed by atoms with E-state index in [0.717, 1.165) is 11.1 Å². The van der Waals surface area contributed by atoms with Crippen molar-refractivity contribution < 1.29 is 5.11 Å². The Balaban J connectivity index is 3.21. The van der Waals surface area contributed by atoms with Crippen molar-refractivity contribution in [2.45, 2.75) is 19.8 Å². The number of phenols is 1. The average Bonchev–Trinajstić information content (AvgIpc) is 2.04. The molecule has 1 nitrogen and oxygen atoms in total. The molecule has 0 atom stereocenters. The Morgan fingerprint density at radius 3 is 2.58 bits per heavy atom. The van der Waals surface area contributed by atoms with Crippen LogP contribution < -0.4 is 0 Å². The lowest BCUT2D eigenvalue weighted by Gasteiger charge is -2.09. The SMILES string of the molecule is C=Cc1ccc(O)cc1C(C)C. The van der Waals surface area contributed by atoms with Crippen LogP contribution in [0.2, 0.25) is 0 Å². The Hall–Kier alpha value is -1.24. The molecule has 1 heteroatoms. The number of hydrogen-bond donors (Lipinski definition) is 1. The number of rotatable bonds is 2. The van der Waals surface area contributed by atoms with E-state index >= 15 is 0 Å². The van der Waals surface area contributed by atoms with E-state index in [1.807, 2.05) is 12.1 Å². The highest BCUT2D eigenvalue weighted by Gasteiger charge is 2.04. The molecule has 0 fully saturated rings. The van der Waals surface area contributed by atoms with Crippen LogP contribution in [-0.2, 0) is 0 Å². The number of benzene rings is 1. The summed E-state index contributed by atoms with van der Waals surface area (Å²) in [7, 11) is 0. The smallest absolute Gasteiger partial charge is 0.115 e. The molecule has 1 rings (SSSR count). The molecule has 0 aliphatic heterocycles. The van der Waals surface area contributed by atoms with Gasteiger partial charge in [0.05, 0.1) is 0 Å². The molecule has 0 aliphatic carbocycles. The third-order valence-electron chi connectivity index (χ3n) is 1.91. The van der Waals surface area contributed by atoms with Gasteiger partial charge >= 0.3 is 0 Å². The van der Waals surface area contributed by atoms with E-state index in [4.69, 9.17) is 0 Å². The van der Waals surface area contributed by atoms with Gasteiger partial charge < -0.3 is 5.11 Å². The van der Waals surface area contributed by atoms with Crippen LogP contribution in [0.4, 0.5) is 0 Å². The standard InChI is InChI=1S/C11H14O/c1-4-9-5-6-10(12)7-11(9)8(2)3/h4-8,12H,1H2,2-3H3. The molecular weight excluding hydrogens is 148 g/mol. The van der Waals surface area contributed by atoms with Gasteiger partial charge in [-0.2, -0.15) is 0 Å². The Kier molecular flexibility index (Phi) is 2.54. The van der Waals surface area contributed by atoms with Gasteiger partial charge in [0.2, 0.25) is 0 Å². The Labute approximate surface area is 73.4 Å². The molecule has 1 aromatic rings. The second-order valence-electron chi connectivity index (χ2n) is 3.17. The van der Waals surface area contributed by atoms with Crippen molar-refractivity contribution in [1.29, 1.82) is 0 Å². The summed E-state index contributed by atoms with van der Waals surface area (Å²) in [6.45, 7) is 7.92. The molecule has 0 heterocycles. The van der Waals surface area contributed by atoms with Gasteiger partial charge in [-0.3, -0.25) is 0 Å². The van der Waals surface area contributed by atoms with Crippen LogP contribution in [0.25, 0.3) is 6.08 Å². The van der Waals surface area contributed by atoms with Gasteiger partial charge in [-0.15, -0.1) is 0 Å². The molecule has 1 N–H and O–H groups in total. The van der Waals surface area contributed by atoms with E-state index in [0.29, 0.717) is 11.7 Å². The Morgan fingerprint density at radius 2 is 2.08 bits per heavy atom.